The van der Waals surface area contributed by atoms with Crippen molar-refractivity contribution in [3.8, 4) is 5.75 Å². The third-order valence-corrected chi connectivity index (χ3v) is 2.76. The van der Waals surface area contributed by atoms with Gasteiger partial charge in [-0.1, -0.05) is 17.7 Å². The van der Waals surface area contributed by atoms with Gasteiger partial charge >= 0.3 is 0 Å². The maximum Gasteiger partial charge on any atom is 0.261 e. The molecule has 0 aliphatic heterocycles. The van der Waals surface area contributed by atoms with E-state index in [1.165, 1.54) is 0 Å². The van der Waals surface area contributed by atoms with Crippen molar-refractivity contribution in [2.45, 2.75) is 19.4 Å². The molecule has 1 rings (SSSR count). The van der Waals surface area contributed by atoms with Crippen molar-refractivity contribution >= 4 is 17.5 Å². The van der Waals surface area contributed by atoms with Gasteiger partial charge in [-0.25, -0.2) is 0 Å². The summed E-state index contributed by atoms with van der Waals surface area (Å²) >= 11 is 5.93. The predicted molar refractivity (Wildman–Crippen MR) is 77.5 cm³/mol. The molecule has 1 amide bonds. The van der Waals surface area contributed by atoms with Gasteiger partial charge in [-0.2, -0.15) is 0 Å². The third-order valence-electron chi connectivity index (χ3n) is 2.53. The van der Waals surface area contributed by atoms with E-state index in [1.54, 1.807) is 31.2 Å². The first-order valence-corrected chi connectivity index (χ1v) is 6.50. The van der Waals surface area contributed by atoms with Crippen molar-refractivity contribution in [3.63, 3.8) is 0 Å². The number of nitrogens with one attached hydrogen (secondary N) is 1. The summed E-state index contributed by atoms with van der Waals surface area (Å²) in [4.78, 5) is 11.7. The maximum atomic E-state index is 11.7. The highest BCUT2D eigenvalue weighted by Gasteiger charge is 2.15. The molecule has 1 unspecified atom stereocenters. The fourth-order valence-electron chi connectivity index (χ4n) is 1.57. The number of benzene rings is 1. The first kappa shape index (κ1) is 15.5. The molecular formula is C14H19ClN2O2. The van der Waals surface area contributed by atoms with Gasteiger partial charge in [0.05, 0.1) is 0 Å². The summed E-state index contributed by atoms with van der Waals surface area (Å²) < 4.78 is 5.65. The van der Waals surface area contributed by atoms with Gasteiger partial charge in [0.1, 0.15) is 5.75 Å². The van der Waals surface area contributed by atoms with Gasteiger partial charge in [0.25, 0.3) is 5.91 Å². The molecule has 1 aromatic carbocycles. The molecule has 0 heterocycles. The Bertz CT molecular complexity index is 449. The fraction of sp³-hybridized carbons (Fsp3) is 0.357. The number of halogens is 1. The van der Waals surface area contributed by atoms with Gasteiger partial charge in [-0.15, -0.1) is 6.58 Å². The molecule has 0 spiro atoms. The number of rotatable bonds is 7. The molecule has 5 heteroatoms. The highest BCUT2D eigenvalue weighted by molar-refractivity contribution is 6.30. The van der Waals surface area contributed by atoms with E-state index in [1.807, 2.05) is 0 Å². The molecule has 3 N–H and O–H groups in total. The normalized spacial score (nSPS) is 11.7. The summed E-state index contributed by atoms with van der Waals surface area (Å²) in [6.07, 6.45) is 1.68. The Morgan fingerprint density at radius 3 is 3.00 bits per heavy atom. The molecule has 4 nitrogen and oxygen atoms in total. The molecule has 0 saturated heterocycles. The minimum atomic E-state index is -0.586. The van der Waals surface area contributed by atoms with Gasteiger partial charge in [-0.3, -0.25) is 4.79 Å². The Balaban J connectivity index is 2.74. The van der Waals surface area contributed by atoms with Crippen LogP contribution in [0, 0.1) is 0 Å². The van der Waals surface area contributed by atoms with Crippen LogP contribution in [0.3, 0.4) is 0 Å². The molecule has 1 atom stereocenters. The molecule has 0 aliphatic rings. The van der Waals surface area contributed by atoms with E-state index in [0.717, 1.165) is 5.56 Å². The van der Waals surface area contributed by atoms with Crippen molar-refractivity contribution in [3.05, 3.63) is 41.4 Å². The molecular weight excluding hydrogens is 264 g/mol. The first-order valence-electron chi connectivity index (χ1n) is 6.12. The van der Waals surface area contributed by atoms with Crippen LogP contribution in [0.5, 0.6) is 5.75 Å². The van der Waals surface area contributed by atoms with Crippen LogP contribution in [-0.4, -0.2) is 25.1 Å². The topological polar surface area (TPSA) is 64.3 Å². The lowest BCUT2D eigenvalue weighted by Gasteiger charge is -2.17. The zero-order valence-corrected chi connectivity index (χ0v) is 11.7. The minimum absolute atomic E-state index is 0.187. The number of amides is 1. The molecule has 1 aromatic rings. The zero-order valence-electron chi connectivity index (χ0n) is 11.0. The van der Waals surface area contributed by atoms with E-state index < -0.39 is 6.10 Å². The molecule has 0 saturated carbocycles. The van der Waals surface area contributed by atoms with Crippen LogP contribution in [0.4, 0.5) is 0 Å². The molecule has 0 radical (unpaired) electrons. The third kappa shape index (κ3) is 4.93. The molecule has 19 heavy (non-hydrogen) atoms. The molecule has 0 aromatic heterocycles. The maximum absolute atomic E-state index is 11.7. The lowest BCUT2D eigenvalue weighted by atomic mass is 10.1. The molecule has 0 fully saturated rings. The largest absolute Gasteiger partial charge is 0.481 e. The number of carbonyl (C=O) groups is 1. The summed E-state index contributed by atoms with van der Waals surface area (Å²) in [7, 11) is 0. The Morgan fingerprint density at radius 2 is 2.37 bits per heavy atom. The lowest BCUT2D eigenvalue weighted by Crippen LogP contribution is -2.36. The molecule has 104 valence electrons. The molecule has 0 aliphatic carbocycles. The monoisotopic (exact) mass is 282 g/mol. The second kappa shape index (κ2) is 7.81. The van der Waals surface area contributed by atoms with Gasteiger partial charge in [0.2, 0.25) is 0 Å². The van der Waals surface area contributed by atoms with Crippen molar-refractivity contribution in [1.82, 2.24) is 5.32 Å². The quantitative estimate of drug-likeness (QED) is 0.751. The SMILES string of the molecule is C=CCNC(=O)C(C)Oc1ccc(Cl)cc1CCN. The summed E-state index contributed by atoms with van der Waals surface area (Å²) in [5.41, 5.74) is 6.45. The number of carbonyl (C=O) groups excluding carboxylic acids is 1. The van der Waals surface area contributed by atoms with Crippen LogP contribution >= 0.6 is 11.6 Å². The summed E-state index contributed by atoms with van der Waals surface area (Å²) in [5, 5.41) is 3.31. The van der Waals surface area contributed by atoms with Crippen LogP contribution in [0.2, 0.25) is 5.02 Å². The van der Waals surface area contributed by atoms with Crippen LogP contribution in [0.15, 0.2) is 30.9 Å². The summed E-state index contributed by atoms with van der Waals surface area (Å²) in [6.45, 7) is 6.15. The average Bonchev–Trinajstić information content (AvgIpc) is 2.39. The van der Waals surface area contributed by atoms with Crippen molar-refractivity contribution in [2.75, 3.05) is 13.1 Å². The number of ether oxygens (including phenoxy) is 1. The van der Waals surface area contributed by atoms with E-state index in [0.29, 0.717) is 30.3 Å². The average molecular weight is 283 g/mol. The first-order chi connectivity index (χ1) is 9.08. The second-order valence-corrected chi connectivity index (χ2v) is 4.52. The van der Waals surface area contributed by atoms with Crippen molar-refractivity contribution < 1.29 is 9.53 Å². The summed E-state index contributed by atoms with van der Waals surface area (Å²) in [6, 6.07) is 5.29. The predicted octanol–water partition coefficient (Wildman–Crippen LogP) is 1.91. The number of hydrogen-bond donors (Lipinski definition) is 2. The zero-order chi connectivity index (χ0) is 14.3. The Kier molecular flexibility index (Phi) is 6.39. The number of nitrogens with two attached hydrogens (primary N) is 1. The fourth-order valence-corrected chi connectivity index (χ4v) is 1.77. The van der Waals surface area contributed by atoms with E-state index in [-0.39, 0.29) is 5.91 Å². The highest BCUT2D eigenvalue weighted by Crippen LogP contribution is 2.24. The second-order valence-electron chi connectivity index (χ2n) is 4.08. The standard InChI is InChI=1S/C14H19ClN2O2/c1-3-8-17-14(18)10(2)19-13-5-4-12(15)9-11(13)6-7-16/h3-5,9-10H,1,6-8,16H2,2H3,(H,17,18). The van der Waals surface area contributed by atoms with Crippen LogP contribution < -0.4 is 15.8 Å². The van der Waals surface area contributed by atoms with E-state index >= 15 is 0 Å². The van der Waals surface area contributed by atoms with Crippen molar-refractivity contribution in [2.24, 2.45) is 5.73 Å². The summed E-state index contributed by atoms with van der Waals surface area (Å²) in [5.74, 6) is 0.449. The Labute approximate surface area is 118 Å². The van der Waals surface area contributed by atoms with Gasteiger partial charge in [0.15, 0.2) is 6.10 Å². The van der Waals surface area contributed by atoms with E-state index in [2.05, 4.69) is 11.9 Å². The molecule has 0 bridgehead atoms. The van der Waals surface area contributed by atoms with Crippen molar-refractivity contribution in [1.29, 1.82) is 0 Å². The Morgan fingerprint density at radius 1 is 1.63 bits per heavy atom. The smallest absolute Gasteiger partial charge is 0.261 e. The minimum Gasteiger partial charge on any atom is -0.481 e. The van der Waals surface area contributed by atoms with Gasteiger partial charge in [0, 0.05) is 11.6 Å². The van der Waals surface area contributed by atoms with Gasteiger partial charge in [-0.05, 0) is 43.7 Å². The van der Waals surface area contributed by atoms with E-state index in [4.69, 9.17) is 22.1 Å². The van der Waals surface area contributed by atoms with Gasteiger partial charge < -0.3 is 15.8 Å². The number of hydrogen-bond acceptors (Lipinski definition) is 3. The Hall–Kier alpha value is -1.52. The van der Waals surface area contributed by atoms with E-state index in [9.17, 15) is 4.79 Å². The van der Waals surface area contributed by atoms with Crippen LogP contribution in [0.25, 0.3) is 0 Å². The highest BCUT2D eigenvalue weighted by atomic mass is 35.5. The van der Waals surface area contributed by atoms with Crippen LogP contribution in [-0.2, 0) is 11.2 Å². The van der Waals surface area contributed by atoms with Crippen LogP contribution in [0.1, 0.15) is 12.5 Å². The lowest BCUT2D eigenvalue weighted by molar-refractivity contribution is -0.127.